The van der Waals surface area contributed by atoms with E-state index in [4.69, 9.17) is 5.73 Å². The van der Waals surface area contributed by atoms with Gasteiger partial charge in [-0.1, -0.05) is 6.07 Å². The number of benzene rings is 1. The van der Waals surface area contributed by atoms with Crippen LogP contribution in [0, 0.1) is 0 Å². The van der Waals surface area contributed by atoms with Crippen molar-refractivity contribution in [3.05, 3.63) is 58.4 Å². The molecule has 3 aromatic rings. The van der Waals surface area contributed by atoms with Crippen molar-refractivity contribution in [3.8, 4) is 0 Å². The summed E-state index contributed by atoms with van der Waals surface area (Å²) >= 11 is 1.74. The van der Waals surface area contributed by atoms with Crippen molar-refractivity contribution >= 4 is 22.2 Å². The lowest BCUT2D eigenvalue weighted by molar-refractivity contribution is 0.840. The number of nitrogens with zero attached hydrogens (tertiary/aromatic N) is 1. The largest absolute Gasteiger partial charge is 0.343 e. The van der Waals surface area contributed by atoms with Crippen LogP contribution in [0.2, 0.25) is 0 Å². The number of hydrogen-bond donors (Lipinski definition) is 1. The van der Waals surface area contributed by atoms with Crippen molar-refractivity contribution in [2.24, 2.45) is 5.73 Å². The Kier molecular flexibility index (Phi) is 2.71. The van der Waals surface area contributed by atoms with Crippen LogP contribution < -0.4 is 5.73 Å². The number of hydrogen-bond acceptors (Lipinski definition) is 2. The van der Waals surface area contributed by atoms with Gasteiger partial charge in [-0.05, 0) is 51.5 Å². The van der Waals surface area contributed by atoms with Gasteiger partial charge in [-0.2, -0.15) is 11.3 Å². The van der Waals surface area contributed by atoms with Gasteiger partial charge in [-0.3, -0.25) is 0 Å². The van der Waals surface area contributed by atoms with Crippen molar-refractivity contribution in [3.63, 3.8) is 0 Å². The summed E-state index contributed by atoms with van der Waals surface area (Å²) in [5, 5.41) is 5.58. The molecule has 0 fully saturated rings. The van der Waals surface area contributed by atoms with E-state index in [1.165, 1.54) is 22.0 Å². The van der Waals surface area contributed by atoms with Crippen LogP contribution in [-0.2, 0) is 13.1 Å². The molecule has 0 atom stereocenters. The molecule has 0 amide bonds. The van der Waals surface area contributed by atoms with E-state index in [1.54, 1.807) is 11.3 Å². The van der Waals surface area contributed by atoms with Gasteiger partial charge in [0.05, 0.1) is 0 Å². The number of aromatic nitrogens is 1. The molecule has 1 aromatic carbocycles. The van der Waals surface area contributed by atoms with Crippen LogP contribution in [0.15, 0.2) is 47.3 Å². The van der Waals surface area contributed by atoms with Gasteiger partial charge < -0.3 is 10.3 Å². The molecule has 0 saturated heterocycles. The normalized spacial score (nSPS) is 11.1. The molecule has 0 aliphatic rings. The zero-order valence-electron chi connectivity index (χ0n) is 9.47. The molecule has 17 heavy (non-hydrogen) atoms. The van der Waals surface area contributed by atoms with E-state index in [0.29, 0.717) is 6.54 Å². The van der Waals surface area contributed by atoms with E-state index in [-0.39, 0.29) is 0 Å². The molecule has 0 aliphatic carbocycles. The lowest BCUT2D eigenvalue weighted by atomic mass is 10.1. The number of rotatable bonds is 3. The minimum atomic E-state index is 0.603. The first-order valence-corrected chi connectivity index (χ1v) is 6.60. The minimum absolute atomic E-state index is 0.603. The highest BCUT2D eigenvalue weighted by Crippen LogP contribution is 2.19. The molecule has 2 N–H and O–H groups in total. The average molecular weight is 242 g/mol. The van der Waals surface area contributed by atoms with E-state index >= 15 is 0 Å². The predicted octanol–water partition coefficient (Wildman–Crippen LogP) is 3.21. The fourth-order valence-corrected chi connectivity index (χ4v) is 2.75. The summed E-state index contributed by atoms with van der Waals surface area (Å²) in [5.74, 6) is 0. The van der Waals surface area contributed by atoms with E-state index in [0.717, 1.165) is 6.54 Å². The summed E-state index contributed by atoms with van der Waals surface area (Å²) in [6.45, 7) is 1.54. The predicted molar refractivity (Wildman–Crippen MR) is 73.3 cm³/mol. The Morgan fingerprint density at radius 2 is 2.06 bits per heavy atom. The van der Waals surface area contributed by atoms with Crippen LogP contribution in [0.25, 0.3) is 10.9 Å². The monoisotopic (exact) mass is 242 g/mol. The number of fused-ring (bicyclic) bond motifs is 1. The number of thiophene rings is 1. The second-order valence-electron chi connectivity index (χ2n) is 4.17. The van der Waals surface area contributed by atoms with Crippen molar-refractivity contribution in [1.82, 2.24) is 4.57 Å². The molecule has 0 saturated carbocycles. The maximum Gasteiger partial charge on any atom is 0.0484 e. The summed E-state index contributed by atoms with van der Waals surface area (Å²) in [6, 6.07) is 10.8. The van der Waals surface area contributed by atoms with Gasteiger partial charge in [0.25, 0.3) is 0 Å². The highest BCUT2D eigenvalue weighted by molar-refractivity contribution is 7.07. The third kappa shape index (κ3) is 1.99. The lowest BCUT2D eigenvalue weighted by Crippen LogP contribution is -1.98. The van der Waals surface area contributed by atoms with Crippen LogP contribution in [0.5, 0.6) is 0 Å². The summed E-state index contributed by atoms with van der Waals surface area (Å²) in [7, 11) is 0. The summed E-state index contributed by atoms with van der Waals surface area (Å²) in [4.78, 5) is 0. The van der Waals surface area contributed by atoms with Crippen molar-refractivity contribution < 1.29 is 0 Å². The minimum Gasteiger partial charge on any atom is -0.343 e. The van der Waals surface area contributed by atoms with Crippen molar-refractivity contribution in [2.75, 3.05) is 0 Å². The standard InChI is InChI=1S/C14H14N2S/c15-8-11-1-2-14-13(7-11)3-5-16(14)9-12-4-6-17-10-12/h1-7,10H,8-9,15H2. The molecule has 0 bridgehead atoms. The summed E-state index contributed by atoms with van der Waals surface area (Å²) in [5.41, 5.74) is 9.47. The molecule has 3 rings (SSSR count). The Morgan fingerprint density at radius 1 is 1.12 bits per heavy atom. The molecule has 0 radical (unpaired) electrons. The Balaban J connectivity index is 2.00. The molecular formula is C14H14N2S. The molecule has 2 aromatic heterocycles. The van der Waals surface area contributed by atoms with Crippen LogP contribution >= 0.6 is 11.3 Å². The van der Waals surface area contributed by atoms with Crippen LogP contribution in [0.3, 0.4) is 0 Å². The highest BCUT2D eigenvalue weighted by Gasteiger charge is 2.02. The molecule has 2 heterocycles. The van der Waals surface area contributed by atoms with E-state index in [1.807, 2.05) is 0 Å². The van der Waals surface area contributed by atoms with E-state index in [9.17, 15) is 0 Å². The first kappa shape index (κ1) is 10.6. The van der Waals surface area contributed by atoms with Gasteiger partial charge in [0.15, 0.2) is 0 Å². The van der Waals surface area contributed by atoms with Gasteiger partial charge in [0.2, 0.25) is 0 Å². The van der Waals surface area contributed by atoms with Crippen molar-refractivity contribution in [1.29, 1.82) is 0 Å². The second kappa shape index (κ2) is 4.35. The Labute approximate surface area is 104 Å². The Morgan fingerprint density at radius 3 is 2.82 bits per heavy atom. The van der Waals surface area contributed by atoms with Gasteiger partial charge in [-0.15, -0.1) is 0 Å². The van der Waals surface area contributed by atoms with Crippen LogP contribution in [0.4, 0.5) is 0 Å². The third-order valence-electron chi connectivity index (χ3n) is 3.00. The quantitative estimate of drug-likeness (QED) is 0.751. The average Bonchev–Trinajstić information content (AvgIpc) is 2.99. The van der Waals surface area contributed by atoms with Gasteiger partial charge in [-0.25, -0.2) is 0 Å². The van der Waals surface area contributed by atoms with E-state index in [2.05, 4.69) is 51.9 Å². The van der Waals surface area contributed by atoms with E-state index < -0.39 is 0 Å². The fourth-order valence-electron chi connectivity index (χ4n) is 2.09. The topological polar surface area (TPSA) is 30.9 Å². The number of nitrogens with two attached hydrogens (primary N) is 1. The molecule has 2 nitrogen and oxygen atoms in total. The first-order valence-electron chi connectivity index (χ1n) is 5.66. The van der Waals surface area contributed by atoms with Crippen molar-refractivity contribution in [2.45, 2.75) is 13.1 Å². The van der Waals surface area contributed by atoms with Crippen LogP contribution in [0.1, 0.15) is 11.1 Å². The Bertz CT molecular complexity index is 623. The molecule has 86 valence electrons. The molecular weight excluding hydrogens is 228 g/mol. The smallest absolute Gasteiger partial charge is 0.0484 e. The van der Waals surface area contributed by atoms with Gasteiger partial charge in [0, 0.05) is 24.8 Å². The second-order valence-corrected chi connectivity index (χ2v) is 4.95. The van der Waals surface area contributed by atoms with Crippen LogP contribution in [-0.4, -0.2) is 4.57 Å². The maximum atomic E-state index is 5.65. The molecule has 0 spiro atoms. The molecule has 3 heteroatoms. The molecule has 0 unspecified atom stereocenters. The third-order valence-corrected chi connectivity index (χ3v) is 3.74. The Hall–Kier alpha value is -1.58. The SMILES string of the molecule is NCc1ccc2c(ccn2Cc2ccsc2)c1. The molecule has 0 aliphatic heterocycles. The maximum absolute atomic E-state index is 5.65. The summed E-state index contributed by atoms with van der Waals surface area (Å²) < 4.78 is 2.28. The van der Waals surface area contributed by atoms with Gasteiger partial charge in [0.1, 0.15) is 0 Å². The lowest BCUT2D eigenvalue weighted by Gasteiger charge is -2.04. The highest BCUT2D eigenvalue weighted by atomic mass is 32.1. The zero-order valence-corrected chi connectivity index (χ0v) is 10.3. The first-order chi connectivity index (χ1) is 8.36. The fraction of sp³-hybridized carbons (Fsp3) is 0.143. The zero-order chi connectivity index (χ0) is 11.7. The van der Waals surface area contributed by atoms with Gasteiger partial charge >= 0.3 is 0 Å². The summed E-state index contributed by atoms with van der Waals surface area (Å²) in [6.07, 6.45) is 2.14.